The first-order valence-electron chi connectivity index (χ1n) is 14.2. The molecule has 5 aromatic carbocycles. The Morgan fingerprint density at radius 3 is 1.96 bits per heavy atom. The average Bonchev–Trinajstić information content (AvgIpc) is 3.46. The molecular formula is C39H30BIrN4Y-4. The topological polar surface area (TPSA) is 43.6 Å². The van der Waals surface area contributed by atoms with Gasteiger partial charge in [0.25, 0.3) is 0 Å². The molecular weight excluding hydrogens is 816 g/mol. The van der Waals surface area contributed by atoms with E-state index in [9.17, 15) is 0 Å². The summed E-state index contributed by atoms with van der Waals surface area (Å²) in [6, 6.07) is 53.2. The van der Waals surface area contributed by atoms with E-state index in [0.29, 0.717) is 0 Å². The molecule has 0 N–H and O–H groups in total. The van der Waals surface area contributed by atoms with Crippen LogP contribution in [-0.4, -0.2) is 27.9 Å². The first-order valence-corrected chi connectivity index (χ1v) is 14.2. The number of para-hydroxylation sites is 3. The maximum absolute atomic E-state index is 4.88. The van der Waals surface area contributed by atoms with Crippen LogP contribution in [0.1, 0.15) is 26.5 Å². The van der Waals surface area contributed by atoms with Crippen LogP contribution >= 0.6 is 0 Å². The van der Waals surface area contributed by atoms with Crippen molar-refractivity contribution in [2.24, 2.45) is 0 Å². The quantitative estimate of drug-likeness (QED) is 0.132. The molecule has 0 atom stereocenters. The molecule has 7 heteroatoms. The summed E-state index contributed by atoms with van der Waals surface area (Å²) in [4.78, 5) is 13.7. The third-order valence-corrected chi connectivity index (χ3v) is 6.91. The van der Waals surface area contributed by atoms with Gasteiger partial charge in [0, 0.05) is 84.2 Å². The Hall–Kier alpha value is -3.53. The normalized spacial score (nSPS) is 10.4. The molecule has 7 rings (SSSR count). The Kier molecular flexibility index (Phi) is 13.5. The SMILES string of the molecule is CC(C)(C)c1ccnc(-c2[c-]cccc2)n1.[B].[Ir].[Y].[c-]1ccc(-c2[c-]cccc2)[c-]c1-c1nc2ccccc2n1-c1ccccc1. The van der Waals surface area contributed by atoms with Gasteiger partial charge < -0.3 is 15.6 Å². The van der Waals surface area contributed by atoms with Crippen LogP contribution in [0.2, 0.25) is 0 Å². The first-order chi connectivity index (χ1) is 21.0. The van der Waals surface area contributed by atoms with E-state index in [1.165, 1.54) is 0 Å². The van der Waals surface area contributed by atoms with Crippen molar-refractivity contribution in [3.63, 3.8) is 0 Å². The first kappa shape index (κ1) is 36.9. The third kappa shape index (κ3) is 8.63. The van der Waals surface area contributed by atoms with E-state index in [1.54, 1.807) is 0 Å². The van der Waals surface area contributed by atoms with Crippen LogP contribution in [0.5, 0.6) is 0 Å². The number of imidazole rings is 1. The van der Waals surface area contributed by atoms with Crippen molar-refractivity contribution in [1.29, 1.82) is 0 Å². The molecule has 4 nitrogen and oxygen atoms in total. The minimum Gasteiger partial charge on any atom is -0.374 e. The van der Waals surface area contributed by atoms with Crippen LogP contribution in [0.4, 0.5) is 0 Å². The Morgan fingerprint density at radius 1 is 0.630 bits per heavy atom. The molecule has 0 aliphatic heterocycles. The maximum atomic E-state index is 4.88. The molecule has 0 spiro atoms. The maximum Gasteiger partial charge on any atom is 0.0751 e. The summed E-state index contributed by atoms with van der Waals surface area (Å²) in [5.74, 6) is 1.58. The van der Waals surface area contributed by atoms with E-state index in [1.807, 2.05) is 109 Å². The molecule has 7 aromatic rings. The predicted octanol–water partition coefficient (Wildman–Crippen LogP) is 8.62. The Balaban J connectivity index is 0.000000264. The number of benzene rings is 5. The number of rotatable bonds is 4. The van der Waals surface area contributed by atoms with Gasteiger partial charge in [-0.3, -0.25) is 33.2 Å². The molecule has 0 aliphatic rings. The van der Waals surface area contributed by atoms with Gasteiger partial charge >= 0.3 is 0 Å². The molecule has 0 unspecified atom stereocenters. The van der Waals surface area contributed by atoms with Crippen LogP contribution in [-0.2, 0) is 58.2 Å². The van der Waals surface area contributed by atoms with Crippen LogP contribution in [0, 0.1) is 24.3 Å². The van der Waals surface area contributed by atoms with Crippen molar-refractivity contribution in [2.75, 3.05) is 0 Å². The Morgan fingerprint density at radius 2 is 1.28 bits per heavy atom. The summed E-state index contributed by atoms with van der Waals surface area (Å²) in [5.41, 5.74) is 7.96. The number of aromatic nitrogens is 4. The summed E-state index contributed by atoms with van der Waals surface area (Å²) in [5, 5.41) is 0. The molecule has 5 radical (unpaired) electrons. The summed E-state index contributed by atoms with van der Waals surface area (Å²) in [6.45, 7) is 6.44. The number of hydrogen-bond donors (Lipinski definition) is 0. The zero-order valence-corrected chi connectivity index (χ0v) is 31.1. The van der Waals surface area contributed by atoms with Crippen LogP contribution in [0.3, 0.4) is 0 Å². The van der Waals surface area contributed by atoms with Gasteiger partial charge in [0.15, 0.2) is 0 Å². The van der Waals surface area contributed by atoms with E-state index >= 15 is 0 Å². The predicted molar refractivity (Wildman–Crippen MR) is 179 cm³/mol. The van der Waals surface area contributed by atoms with Crippen LogP contribution in [0.15, 0.2) is 128 Å². The molecule has 0 saturated carbocycles. The zero-order chi connectivity index (χ0) is 29.6. The Labute approximate surface area is 312 Å². The molecule has 225 valence electrons. The summed E-state index contributed by atoms with van der Waals surface area (Å²) >= 11 is 0. The van der Waals surface area contributed by atoms with E-state index in [-0.39, 0.29) is 66.6 Å². The minimum absolute atomic E-state index is 0. The van der Waals surface area contributed by atoms with Gasteiger partial charge in [-0.25, -0.2) is 6.07 Å². The average molecular weight is 847 g/mol. The second-order valence-electron chi connectivity index (χ2n) is 11.1. The van der Waals surface area contributed by atoms with Gasteiger partial charge in [-0.1, -0.05) is 51.1 Å². The fourth-order valence-corrected chi connectivity index (χ4v) is 4.73. The van der Waals surface area contributed by atoms with Gasteiger partial charge in [-0.2, -0.15) is 5.56 Å². The fraction of sp³-hybridized carbons (Fsp3) is 0.103. The van der Waals surface area contributed by atoms with Crippen molar-refractivity contribution in [1.82, 2.24) is 19.5 Å². The van der Waals surface area contributed by atoms with E-state index in [0.717, 1.165) is 56.3 Å². The number of nitrogens with zero attached hydrogens (tertiary/aromatic N) is 4. The second-order valence-corrected chi connectivity index (χ2v) is 11.1. The minimum atomic E-state index is 0. The smallest absolute Gasteiger partial charge is 0.0751 e. The van der Waals surface area contributed by atoms with Gasteiger partial charge in [0.2, 0.25) is 0 Å². The van der Waals surface area contributed by atoms with Crippen molar-refractivity contribution in [3.8, 4) is 39.6 Å². The van der Waals surface area contributed by atoms with E-state index in [4.69, 9.17) is 4.98 Å². The standard InChI is InChI=1S/C25H15N2.C14H15N2.B.Ir.Y/c1-3-10-19(11-4-1)20-12-9-13-21(18-20)25-26-23-16-7-8-17-24(23)27(25)22-14-5-2-6-15-22;1-14(2,3)12-9-10-15-13(16-12)11-7-5-4-6-8-11;;;/h1-10,12,14-17H;4-7,9-10H,1-3H3;;;/q-3;-1;;;. The molecule has 0 saturated heterocycles. The van der Waals surface area contributed by atoms with Gasteiger partial charge in [-0.15, -0.1) is 66.2 Å². The van der Waals surface area contributed by atoms with Gasteiger partial charge in [0.1, 0.15) is 0 Å². The molecule has 2 aromatic heterocycles. The summed E-state index contributed by atoms with van der Waals surface area (Å²) < 4.78 is 2.16. The van der Waals surface area contributed by atoms with E-state index < -0.39 is 0 Å². The molecule has 0 amide bonds. The van der Waals surface area contributed by atoms with Crippen LogP contribution < -0.4 is 0 Å². The van der Waals surface area contributed by atoms with Crippen molar-refractivity contribution >= 4 is 19.4 Å². The van der Waals surface area contributed by atoms with Gasteiger partial charge in [-0.05, 0) is 36.2 Å². The van der Waals surface area contributed by atoms with Crippen molar-refractivity contribution in [3.05, 3.63) is 157 Å². The molecule has 46 heavy (non-hydrogen) atoms. The fourth-order valence-electron chi connectivity index (χ4n) is 4.73. The van der Waals surface area contributed by atoms with E-state index in [2.05, 4.69) is 77.8 Å². The molecule has 2 heterocycles. The number of hydrogen-bond acceptors (Lipinski definition) is 3. The molecule has 0 bridgehead atoms. The van der Waals surface area contributed by atoms with Crippen LogP contribution in [0.25, 0.3) is 50.6 Å². The largest absolute Gasteiger partial charge is 0.374 e. The van der Waals surface area contributed by atoms with Crippen molar-refractivity contribution in [2.45, 2.75) is 26.2 Å². The monoisotopic (exact) mass is 847 g/mol. The zero-order valence-electron chi connectivity index (χ0n) is 25.9. The Bertz CT molecular complexity index is 1960. The summed E-state index contributed by atoms with van der Waals surface area (Å²) in [7, 11) is 0. The van der Waals surface area contributed by atoms with Crippen molar-refractivity contribution < 1.29 is 52.8 Å². The summed E-state index contributed by atoms with van der Waals surface area (Å²) in [6.07, 6.45) is 1.81. The second kappa shape index (κ2) is 16.9. The molecule has 0 fully saturated rings. The number of fused-ring (bicyclic) bond motifs is 1. The molecule has 0 aliphatic carbocycles. The third-order valence-electron chi connectivity index (χ3n) is 6.91. The van der Waals surface area contributed by atoms with Gasteiger partial charge in [0.05, 0.1) is 16.9 Å².